The molecule has 2 unspecified atom stereocenters. The van der Waals surface area contributed by atoms with Crippen molar-refractivity contribution in [2.75, 3.05) is 13.7 Å². The molecule has 0 aliphatic rings. The van der Waals surface area contributed by atoms with Crippen molar-refractivity contribution < 1.29 is 9.84 Å². The Labute approximate surface area is 104 Å². The SMILES string of the molecule is CCCNC(C)C(O)c1ccc(OC)c(C)c1. The van der Waals surface area contributed by atoms with E-state index < -0.39 is 6.10 Å². The second kappa shape index (κ2) is 6.62. The van der Waals surface area contributed by atoms with Crippen LogP contribution in [0.1, 0.15) is 37.5 Å². The van der Waals surface area contributed by atoms with Gasteiger partial charge < -0.3 is 15.2 Å². The van der Waals surface area contributed by atoms with Crippen LogP contribution in [0.5, 0.6) is 5.75 Å². The van der Waals surface area contributed by atoms with Crippen molar-refractivity contribution >= 4 is 0 Å². The van der Waals surface area contributed by atoms with E-state index in [1.54, 1.807) is 7.11 Å². The Morgan fingerprint density at radius 1 is 1.41 bits per heavy atom. The third-order valence-corrected chi connectivity index (χ3v) is 2.95. The summed E-state index contributed by atoms with van der Waals surface area (Å²) < 4.78 is 5.21. The molecule has 0 aliphatic heterocycles. The smallest absolute Gasteiger partial charge is 0.121 e. The molecule has 0 saturated carbocycles. The Morgan fingerprint density at radius 2 is 2.12 bits per heavy atom. The Hall–Kier alpha value is -1.06. The molecule has 3 heteroatoms. The van der Waals surface area contributed by atoms with Gasteiger partial charge in [-0.05, 0) is 50.1 Å². The molecule has 0 spiro atoms. The first-order valence-corrected chi connectivity index (χ1v) is 6.16. The molecule has 2 atom stereocenters. The van der Waals surface area contributed by atoms with Crippen LogP contribution >= 0.6 is 0 Å². The predicted octanol–water partition coefficient (Wildman–Crippen LogP) is 2.43. The first-order valence-electron chi connectivity index (χ1n) is 6.16. The quantitative estimate of drug-likeness (QED) is 0.798. The fraction of sp³-hybridized carbons (Fsp3) is 0.571. The van der Waals surface area contributed by atoms with Gasteiger partial charge in [-0.1, -0.05) is 13.0 Å². The third kappa shape index (κ3) is 3.72. The summed E-state index contributed by atoms with van der Waals surface area (Å²) in [4.78, 5) is 0. The van der Waals surface area contributed by atoms with Crippen LogP contribution in [0.15, 0.2) is 18.2 Å². The van der Waals surface area contributed by atoms with Gasteiger partial charge in [0.1, 0.15) is 5.75 Å². The third-order valence-electron chi connectivity index (χ3n) is 2.95. The molecule has 17 heavy (non-hydrogen) atoms. The maximum absolute atomic E-state index is 10.2. The Morgan fingerprint density at radius 3 is 2.65 bits per heavy atom. The van der Waals surface area contributed by atoms with E-state index in [0.717, 1.165) is 29.8 Å². The van der Waals surface area contributed by atoms with Gasteiger partial charge in [-0.2, -0.15) is 0 Å². The van der Waals surface area contributed by atoms with E-state index in [0.29, 0.717) is 0 Å². The summed E-state index contributed by atoms with van der Waals surface area (Å²) in [7, 11) is 1.66. The van der Waals surface area contributed by atoms with Crippen molar-refractivity contribution in [1.82, 2.24) is 5.32 Å². The Kier molecular flexibility index (Phi) is 5.45. The lowest BCUT2D eigenvalue weighted by Crippen LogP contribution is -2.32. The first kappa shape index (κ1) is 14.0. The highest BCUT2D eigenvalue weighted by Crippen LogP contribution is 2.24. The number of hydrogen-bond donors (Lipinski definition) is 2. The van der Waals surface area contributed by atoms with E-state index in [-0.39, 0.29) is 6.04 Å². The monoisotopic (exact) mass is 237 g/mol. The number of nitrogens with one attached hydrogen (secondary N) is 1. The highest BCUT2D eigenvalue weighted by atomic mass is 16.5. The molecule has 0 fully saturated rings. The van der Waals surface area contributed by atoms with E-state index in [1.165, 1.54) is 0 Å². The summed E-state index contributed by atoms with van der Waals surface area (Å²) in [6.45, 7) is 7.02. The molecule has 0 aromatic heterocycles. The van der Waals surface area contributed by atoms with Crippen molar-refractivity contribution in [2.24, 2.45) is 0 Å². The fourth-order valence-corrected chi connectivity index (χ4v) is 1.86. The van der Waals surface area contributed by atoms with Crippen molar-refractivity contribution in [3.8, 4) is 5.75 Å². The molecule has 1 rings (SSSR count). The van der Waals surface area contributed by atoms with Crippen LogP contribution in [0.2, 0.25) is 0 Å². The van der Waals surface area contributed by atoms with Gasteiger partial charge in [-0.25, -0.2) is 0 Å². The van der Waals surface area contributed by atoms with Gasteiger partial charge in [0.2, 0.25) is 0 Å². The topological polar surface area (TPSA) is 41.5 Å². The van der Waals surface area contributed by atoms with Crippen LogP contribution in [0, 0.1) is 6.92 Å². The van der Waals surface area contributed by atoms with Crippen molar-refractivity contribution in [2.45, 2.75) is 39.3 Å². The zero-order valence-electron chi connectivity index (χ0n) is 11.2. The highest BCUT2D eigenvalue weighted by molar-refractivity contribution is 5.37. The van der Waals surface area contributed by atoms with Gasteiger partial charge in [0.25, 0.3) is 0 Å². The van der Waals surface area contributed by atoms with E-state index in [1.807, 2.05) is 32.0 Å². The molecule has 0 saturated heterocycles. The van der Waals surface area contributed by atoms with Crippen LogP contribution in [0.4, 0.5) is 0 Å². The minimum atomic E-state index is -0.480. The summed E-state index contributed by atoms with van der Waals surface area (Å²) in [6, 6.07) is 5.86. The van der Waals surface area contributed by atoms with Gasteiger partial charge in [0.05, 0.1) is 13.2 Å². The number of methoxy groups -OCH3 is 1. The molecule has 0 aliphatic carbocycles. The van der Waals surface area contributed by atoms with E-state index in [9.17, 15) is 5.11 Å². The lowest BCUT2D eigenvalue weighted by atomic mass is 10.0. The van der Waals surface area contributed by atoms with Gasteiger partial charge >= 0.3 is 0 Å². The maximum Gasteiger partial charge on any atom is 0.121 e. The number of hydrogen-bond acceptors (Lipinski definition) is 3. The second-order valence-corrected chi connectivity index (χ2v) is 4.42. The normalized spacial score (nSPS) is 14.4. The molecule has 1 aromatic rings. The highest BCUT2D eigenvalue weighted by Gasteiger charge is 2.16. The molecule has 0 radical (unpaired) electrons. The standard InChI is InChI=1S/C14H23NO2/c1-5-8-15-11(3)14(16)12-6-7-13(17-4)10(2)9-12/h6-7,9,11,14-16H,5,8H2,1-4H3. The molecule has 0 bridgehead atoms. The summed E-state index contributed by atoms with van der Waals surface area (Å²) in [6.07, 6.45) is 0.588. The number of aliphatic hydroxyl groups excluding tert-OH is 1. The van der Waals surface area contributed by atoms with Crippen LogP contribution in [0.25, 0.3) is 0 Å². The van der Waals surface area contributed by atoms with Gasteiger partial charge in [0.15, 0.2) is 0 Å². The average molecular weight is 237 g/mol. The first-order chi connectivity index (χ1) is 8.10. The lowest BCUT2D eigenvalue weighted by Gasteiger charge is -2.21. The van der Waals surface area contributed by atoms with Crippen LogP contribution in [0.3, 0.4) is 0 Å². The summed E-state index contributed by atoms with van der Waals surface area (Å²) >= 11 is 0. The molecule has 2 N–H and O–H groups in total. The van der Waals surface area contributed by atoms with Gasteiger partial charge in [-0.15, -0.1) is 0 Å². The summed E-state index contributed by atoms with van der Waals surface area (Å²) in [5.74, 6) is 0.857. The minimum absolute atomic E-state index is 0.0581. The van der Waals surface area contributed by atoms with Crippen LogP contribution < -0.4 is 10.1 Å². The van der Waals surface area contributed by atoms with Crippen LogP contribution in [-0.2, 0) is 0 Å². The zero-order chi connectivity index (χ0) is 12.8. The molecular weight excluding hydrogens is 214 g/mol. The predicted molar refractivity (Wildman–Crippen MR) is 70.4 cm³/mol. The minimum Gasteiger partial charge on any atom is -0.496 e. The number of benzene rings is 1. The molecule has 0 amide bonds. The number of ether oxygens (including phenoxy) is 1. The number of rotatable bonds is 6. The molecular formula is C14H23NO2. The van der Waals surface area contributed by atoms with Crippen molar-refractivity contribution in [1.29, 1.82) is 0 Å². The second-order valence-electron chi connectivity index (χ2n) is 4.42. The largest absolute Gasteiger partial charge is 0.496 e. The number of aryl methyl sites for hydroxylation is 1. The Bertz CT molecular complexity index is 352. The molecule has 3 nitrogen and oxygen atoms in total. The summed E-state index contributed by atoms with van der Waals surface area (Å²) in [5.41, 5.74) is 1.98. The van der Waals surface area contributed by atoms with Crippen LogP contribution in [-0.4, -0.2) is 24.8 Å². The molecule has 0 heterocycles. The Balaban J connectivity index is 2.74. The summed E-state index contributed by atoms with van der Waals surface area (Å²) in [5, 5.41) is 13.5. The number of aliphatic hydroxyl groups is 1. The van der Waals surface area contributed by atoms with E-state index in [2.05, 4.69) is 12.2 Å². The fourth-order valence-electron chi connectivity index (χ4n) is 1.86. The van der Waals surface area contributed by atoms with Crippen molar-refractivity contribution in [3.63, 3.8) is 0 Å². The lowest BCUT2D eigenvalue weighted by molar-refractivity contribution is 0.136. The van der Waals surface area contributed by atoms with E-state index in [4.69, 9.17) is 4.74 Å². The average Bonchev–Trinajstić information content (AvgIpc) is 2.34. The van der Waals surface area contributed by atoms with Crippen molar-refractivity contribution in [3.05, 3.63) is 29.3 Å². The molecule has 96 valence electrons. The maximum atomic E-state index is 10.2. The van der Waals surface area contributed by atoms with Gasteiger partial charge in [0, 0.05) is 6.04 Å². The molecule has 1 aromatic carbocycles. The van der Waals surface area contributed by atoms with Gasteiger partial charge in [-0.3, -0.25) is 0 Å². The van der Waals surface area contributed by atoms with E-state index >= 15 is 0 Å². The zero-order valence-corrected chi connectivity index (χ0v) is 11.2.